The van der Waals surface area contributed by atoms with Crippen LogP contribution in [-0.4, -0.2) is 29.7 Å². The molecule has 0 saturated heterocycles. The lowest BCUT2D eigenvalue weighted by Gasteiger charge is -2.10. The lowest BCUT2D eigenvalue weighted by Crippen LogP contribution is -2.21. The zero-order chi connectivity index (χ0) is 20.2. The van der Waals surface area contributed by atoms with Gasteiger partial charge in [-0.15, -0.1) is 0 Å². The molecule has 1 aromatic carbocycles. The summed E-state index contributed by atoms with van der Waals surface area (Å²) in [6.07, 6.45) is 12.6. The molecule has 1 heterocycles. The van der Waals surface area contributed by atoms with E-state index in [1.165, 1.54) is 44.1 Å². The normalized spacial score (nSPS) is 12.0. The van der Waals surface area contributed by atoms with Gasteiger partial charge < -0.3 is 9.47 Å². The van der Waals surface area contributed by atoms with Crippen LogP contribution in [0, 0.1) is 5.92 Å². The van der Waals surface area contributed by atoms with Gasteiger partial charge in [0.2, 0.25) is 0 Å². The average Bonchev–Trinajstić information content (AvgIpc) is 2.72. The van der Waals surface area contributed by atoms with Crippen molar-refractivity contribution in [2.24, 2.45) is 5.92 Å². The van der Waals surface area contributed by atoms with Gasteiger partial charge in [-0.25, -0.2) is 9.97 Å². The number of benzene rings is 1. The second kappa shape index (κ2) is 12.2. The van der Waals surface area contributed by atoms with Crippen LogP contribution in [0.1, 0.15) is 57.9 Å². The van der Waals surface area contributed by atoms with Gasteiger partial charge >= 0.3 is 5.97 Å². The highest BCUT2D eigenvalue weighted by atomic mass is 16.5. The van der Waals surface area contributed by atoms with Crippen molar-refractivity contribution in [1.82, 2.24) is 9.97 Å². The maximum Gasteiger partial charge on any atom is 0.316 e. The molecule has 2 aromatic rings. The van der Waals surface area contributed by atoms with Crippen molar-refractivity contribution in [3.63, 3.8) is 0 Å². The monoisotopic (exact) mass is 384 g/mol. The Hall–Kier alpha value is -2.27. The molecule has 1 atom stereocenters. The number of aromatic nitrogens is 2. The van der Waals surface area contributed by atoms with E-state index < -0.39 is 0 Å². The molecule has 5 heteroatoms. The van der Waals surface area contributed by atoms with Crippen molar-refractivity contribution in [1.29, 1.82) is 0 Å². The Labute approximate surface area is 168 Å². The van der Waals surface area contributed by atoms with Gasteiger partial charge in [0.05, 0.1) is 12.5 Å². The standard InChI is InChI=1S/C23H32N2O3/c1-4-5-6-7-8-9-10-19-15-24-22(25-16-19)20-11-13-21(14-12-20)28-23(26)18(2)17-27-3/h11-16,18H,4-10,17H2,1-3H3. The van der Waals surface area contributed by atoms with Gasteiger partial charge in [0, 0.05) is 25.1 Å². The summed E-state index contributed by atoms with van der Waals surface area (Å²) in [4.78, 5) is 20.9. The number of carbonyl (C=O) groups is 1. The Balaban J connectivity index is 1.84. The fourth-order valence-corrected chi connectivity index (χ4v) is 2.95. The van der Waals surface area contributed by atoms with E-state index in [9.17, 15) is 4.79 Å². The lowest BCUT2D eigenvalue weighted by molar-refractivity contribution is -0.139. The van der Waals surface area contributed by atoms with Crippen molar-refractivity contribution < 1.29 is 14.3 Å². The summed E-state index contributed by atoms with van der Waals surface area (Å²) in [5.74, 6) is 0.589. The van der Waals surface area contributed by atoms with Crippen LogP contribution in [0.3, 0.4) is 0 Å². The van der Waals surface area contributed by atoms with Crippen LogP contribution in [0.25, 0.3) is 11.4 Å². The van der Waals surface area contributed by atoms with Crippen LogP contribution in [-0.2, 0) is 16.0 Å². The quantitative estimate of drug-likeness (QED) is 0.285. The zero-order valence-corrected chi connectivity index (χ0v) is 17.3. The molecule has 0 radical (unpaired) electrons. The minimum absolute atomic E-state index is 0.299. The van der Waals surface area contributed by atoms with Crippen molar-refractivity contribution in [3.05, 3.63) is 42.2 Å². The Morgan fingerprint density at radius 3 is 2.29 bits per heavy atom. The van der Waals surface area contributed by atoms with Crippen LogP contribution >= 0.6 is 0 Å². The SMILES string of the molecule is CCCCCCCCc1cnc(-c2ccc(OC(=O)C(C)COC)cc2)nc1. The first kappa shape index (κ1) is 22.0. The van der Waals surface area contributed by atoms with Crippen LogP contribution < -0.4 is 4.74 Å². The fraction of sp³-hybridized carbons (Fsp3) is 0.522. The molecule has 1 aromatic heterocycles. The molecule has 0 amide bonds. The first-order valence-corrected chi connectivity index (χ1v) is 10.3. The summed E-state index contributed by atoms with van der Waals surface area (Å²) in [6, 6.07) is 7.26. The molecule has 152 valence electrons. The summed E-state index contributed by atoms with van der Waals surface area (Å²) < 4.78 is 10.3. The minimum atomic E-state index is -0.301. The molecule has 0 saturated carbocycles. The van der Waals surface area contributed by atoms with Crippen molar-refractivity contribution in [2.75, 3.05) is 13.7 Å². The van der Waals surface area contributed by atoms with E-state index in [2.05, 4.69) is 16.9 Å². The van der Waals surface area contributed by atoms with E-state index in [0.717, 1.165) is 12.0 Å². The van der Waals surface area contributed by atoms with Gasteiger partial charge in [-0.3, -0.25) is 4.79 Å². The van der Waals surface area contributed by atoms with Gasteiger partial charge in [-0.2, -0.15) is 0 Å². The fourth-order valence-electron chi connectivity index (χ4n) is 2.95. The Morgan fingerprint density at radius 2 is 1.64 bits per heavy atom. The molecule has 28 heavy (non-hydrogen) atoms. The molecule has 0 N–H and O–H groups in total. The average molecular weight is 385 g/mol. The lowest BCUT2D eigenvalue weighted by atomic mass is 10.1. The van der Waals surface area contributed by atoms with Crippen molar-refractivity contribution >= 4 is 5.97 Å². The molecular weight excluding hydrogens is 352 g/mol. The van der Waals surface area contributed by atoms with Gasteiger partial charge in [0.1, 0.15) is 5.75 Å². The van der Waals surface area contributed by atoms with Gasteiger partial charge in [-0.05, 0) is 49.6 Å². The number of aryl methyl sites for hydroxylation is 1. The number of nitrogens with zero attached hydrogens (tertiary/aromatic N) is 2. The van der Waals surface area contributed by atoms with Crippen LogP contribution in [0.2, 0.25) is 0 Å². The van der Waals surface area contributed by atoms with Crippen LogP contribution in [0.5, 0.6) is 5.75 Å². The third kappa shape index (κ3) is 7.39. The molecular formula is C23H32N2O3. The molecule has 2 rings (SSSR count). The third-order valence-electron chi connectivity index (χ3n) is 4.67. The number of rotatable bonds is 12. The number of hydrogen-bond donors (Lipinski definition) is 0. The summed E-state index contributed by atoms with van der Waals surface area (Å²) in [7, 11) is 1.57. The van der Waals surface area contributed by atoms with Gasteiger partial charge in [0.25, 0.3) is 0 Å². The third-order valence-corrected chi connectivity index (χ3v) is 4.67. The Bertz CT molecular complexity index is 699. The highest BCUT2D eigenvalue weighted by molar-refractivity contribution is 5.75. The van der Waals surface area contributed by atoms with Gasteiger partial charge in [0.15, 0.2) is 5.82 Å². The van der Waals surface area contributed by atoms with Crippen molar-refractivity contribution in [3.8, 4) is 17.1 Å². The smallest absolute Gasteiger partial charge is 0.316 e. The minimum Gasteiger partial charge on any atom is -0.426 e. The van der Waals surface area contributed by atoms with Crippen LogP contribution in [0.4, 0.5) is 0 Å². The highest BCUT2D eigenvalue weighted by Crippen LogP contribution is 2.20. The largest absolute Gasteiger partial charge is 0.426 e. The van der Waals surface area contributed by atoms with E-state index in [0.29, 0.717) is 18.2 Å². The second-order valence-corrected chi connectivity index (χ2v) is 7.23. The number of ether oxygens (including phenoxy) is 2. The molecule has 0 aliphatic carbocycles. The number of esters is 1. The molecule has 5 nitrogen and oxygen atoms in total. The topological polar surface area (TPSA) is 61.3 Å². The predicted molar refractivity (Wildman–Crippen MR) is 111 cm³/mol. The van der Waals surface area contributed by atoms with E-state index in [1.807, 2.05) is 24.5 Å². The molecule has 0 spiro atoms. The first-order chi connectivity index (χ1) is 13.6. The molecule has 0 fully saturated rings. The molecule has 0 bridgehead atoms. The zero-order valence-electron chi connectivity index (χ0n) is 17.3. The van der Waals surface area contributed by atoms with Crippen molar-refractivity contribution in [2.45, 2.75) is 58.8 Å². The second-order valence-electron chi connectivity index (χ2n) is 7.23. The molecule has 0 aliphatic rings. The Morgan fingerprint density at radius 1 is 1.00 bits per heavy atom. The van der Waals surface area contributed by atoms with E-state index in [4.69, 9.17) is 9.47 Å². The summed E-state index contributed by atoms with van der Waals surface area (Å²) in [6.45, 7) is 4.36. The maximum absolute atomic E-state index is 11.9. The molecule has 1 unspecified atom stereocenters. The number of unbranched alkanes of at least 4 members (excludes halogenated alkanes) is 5. The number of hydrogen-bond acceptors (Lipinski definition) is 5. The van der Waals surface area contributed by atoms with E-state index >= 15 is 0 Å². The van der Waals surface area contributed by atoms with Gasteiger partial charge in [-0.1, -0.05) is 39.0 Å². The first-order valence-electron chi connectivity index (χ1n) is 10.3. The summed E-state index contributed by atoms with van der Waals surface area (Å²) in [5, 5.41) is 0. The van der Waals surface area contributed by atoms with E-state index in [1.54, 1.807) is 26.2 Å². The Kier molecular flexibility index (Phi) is 9.63. The maximum atomic E-state index is 11.9. The predicted octanol–water partition coefficient (Wildman–Crippen LogP) is 5.23. The summed E-state index contributed by atoms with van der Waals surface area (Å²) in [5.41, 5.74) is 2.08. The summed E-state index contributed by atoms with van der Waals surface area (Å²) >= 11 is 0. The van der Waals surface area contributed by atoms with Crippen LogP contribution in [0.15, 0.2) is 36.7 Å². The van der Waals surface area contributed by atoms with E-state index in [-0.39, 0.29) is 11.9 Å². The highest BCUT2D eigenvalue weighted by Gasteiger charge is 2.15. The molecule has 0 aliphatic heterocycles. The number of methoxy groups -OCH3 is 1. The number of carbonyl (C=O) groups excluding carboxylic acids is 1.